The van der Waals surface area contributed by atoms with Crippen molar-refractivity contribution in [2.75, 3.05) is 11.1 Å². The average Bonchev–Trinajstić information content (AvgIpc) is 2.12. The van der Waals surface area contributed by atoms with Gasteiger partial charge in [-0.3, -0.25) is 0 Å². The molecule has 1 aromatic heterocycles. The number of nitrogens with two attached hydrogens (primary N) is 1. The topological polar surface area (TPSA) is 50.9 Å². The van der Waals surface area contributed by atoms with Gasteiger partial charge in [-0.15, -0.1) is 0 Å². The number of anilines is 2. The van der Waals surface area contributed by atoms with Gasteiger partial charge in [-0.05, 0) is 30.9 Å². The van der Waals surface area contributed by atoms with Crippen molar-refractivity contribution in [3.8, 4) is 0 Å². The highest BCUT2D eigenvalue weighted by Gasteiger charge is 2.26. The Morgan fingerprint density at radius 1 is 1.46 bits per heavy atom. The van der Waals surface area contributed by atoms with Gasteiger partial charge in [0.2, 0.25) is 0 Å². The second kappa shape index (κ2) is 3.24. The Balaban J connectivity index is 2.01. The van der Waals surface area contributed by atoms with Gasteiger partial charge in [0.25, 0.3) is 0 Å². The molecule has 1 heterocycles. The van der Waals surface area contributed by atoms with Gasteiger partial charge in [0.05, 0.1) is 0 Å². The summed E-state index contributed by atoms with van der Waals surface area (Å²) in [6, 6.07) is 6.28. The molecule has 2 rings (SSSR count). The number of hydrogen-bond donors (Lipinski definition) is 2. The van der Waals surface area contributed by atoms with Crippen molar-refractivity contribution in [3.63, 3.8) is 0 Å². The number of hydrogen-bond acceptors (Lipinski definition) is 3. The van der Waals surface area contributed by atoms with Crippen LogP contribution in [0.5, 0.6) is 0 Å². The summed E-state index contributed by atoms with van der Waals surface area (Å²) in [7, 11) is 0. The maximum absolute atomic E-state index is 5.58. The molecule has 0 amide bonds. The second-order valence-corrected chi connectivity index (χ2v) is 3.75. The first-order chi connectivity index (χ1) is 6.25. The lowest BCUT2D eigenvalue weighted by molar-refractivity contribution is 0.303. The lowest BCUT2D eigenvalue weighted by Crippen LogP contribution is -2.36. The number of nitrogens with zero attached hydrogens (tertiary/aromatic N) is 1. The molecule has 1 aromatic rings. The highest BCUT2D eigenvalue weighted by atomic mass is 15.0. The summed E-state index contributed by atoms with van der Waals surface area (Å²) < 4.78 is 0. The minimum absolute atomic E-state index is 0.581. The molecular formula is C10H15N3. The summed E-state index contributed by atoms with van der Waals surface area (Å²) in [5.74, 6) is 2.25. The van der Waals surface area contributed by atoms with Crippen LogP contribution in [0.4, 0.5) is 11.6 Å². The van der Waals surface area contributed by atoms with Gasteiger partial charge >= 0.3 is 0 Å². The molecule has 0 saturated heterocycles. The molecule has 13 heavy (non-hydrogen) atoms. The van der Waals surface area contributed by atoms with Crippen LogP contribution in [0.2, 0.25) is 0 Å². The van der Waals surface area contributed by atoms with E-state index in [1.54, 1.807) is 6.07 Å². The molecule has 3 heteroatoms. The van der Waals surface area contributed by atoms with Gasteiger partial charge in [-0.1, -0.05) is 13.0 Å². The third kappa shape index (κ3) is 1.74. The van der Waals surface area contributed by atoms with Crippen molar-refractivity contribution in [2.24, 2.45) is 5.92 Å². The van der Waals surface area contributed by atoms with E-state index in [0.717, 1.165) is 11.7 Å². The van der Waals surface area contributed by atoms with Gasteiger partial charge < -0.3 is 11.1 Å². The van der Waals surface area contributed by atoms with E-state index in [4.69, 9.17) is 5.73 Å². The van der Waals surface area contributed by atoms with Gasteiger partial charge in [0, 0.05) is 6.04 Å². The Hall–Kier alpha value is -1.25. The minimum atomic E-state index is 0.581. The zero-order valence-corrected chi connectivity index (χ0v) is 7.83. The van der Waals surface area contributed by atoms with Crippen LogP contribution >= 0.6 is 0 Å². The summed E-state index contributed by atoms with van der Waals surface area (Å²) in [4.78, 5) is 4.20. The molecule has 0 spiro atoms. The first-order valence-electron chi connectivity index (χ1n) is 4.75. The van der Waals surface area contributed by atoms with E-state index in [1.807, 2.05) is 12.1 Å². The summed E-state index contributed by atoms with van der Waals surface area (Å²) in [6.07, 6.45) is 2.57. The van der Waals surface area contributed by atoms with E-state index in [1.165, 1.54) is 12.8 Å². The van der Waals surface area contributed by atoms with Crippen LogP contribution in [-0.4, -0.2) is 11.0 Å². The normalized spacial score (nSPS) is 26.5. The van der Waals surface area contributed by atoms with Crippen LogP contribution < -0.4 is 11.1 Å². The smallest absolute Gasteiger partial charge is 0.128 e. The van der Waals surface area contributed by atoms with Crippen molar-refractivity contribution in [1.29, 1.82) is 0 Å². The van der Waals surface area contributed by atoms with Gasteiger partial charge in [0.1, 0.15) is 11.6 Å². The highest BCUT2D eigenvalue weighted by Crippen LogP contribution is 2.29. The fourth-order valence-electron chi connectivity index (χ4n) is 1.60. The molecule has 2 atom stereocenters. The van der Waals surface area contributed by atoms with E-state index in [2.05, 4.69) is 17.2 Å². The molecule has 0 radical (unpaired) electrons. The Morgan fingerprint density at radius 3 is 2.85 bits per heavy atom. The fourth-order valence-corrected chi connectivity index (χ4v) is 1.60. The zero-order valence-electron chi connectivity index (χ0n) is 7.83. The maximum atomic E-state index is 5.58. The van der Waals surface area contributed by atoms with Crippen LogP contribution in [0.1, 0.15) is 19.8 Å². The van der Waals surface area contributed by atoms with Crippen LogP contribution in [0, 0.1) is 5.92 Å². The predicted molar refractivity (Wildman–Crippen MR) is 54.5 cm³/mol. The molecule has 0 aliphatic heterocycles. The number of aromatic nitrogens is 1. The Bertz CT molecular complexity index is 298. The van der Waals surface area contributed by atoms with Gasteiger partial charge in [-0.2, -0.15) is 0 Å². The van der Waals surface area contributed by atoms with Crippen molar-refractivity contribution in [3.05, 3.63) is 18.2 Å². The lowest BCUT2D eigenvalue weighted by Gasteiger charge is -2.34. The molecule has 1 fully saturated rings. The van der Waals surface area contributed by atoms with Crippen molar-refractivity contribution >= 4 is 11.6 Å². The van der Waals surface area contributed by atoms with Crippen LogP contribution in [0.3, 0.4) is 0 Å². The van der Waals surface area contributed by atoms with Crippen LogP contribution in [0.25, 0.3) is 0 Å². The minimum Gasteiger partial charge on any atom is -0.384 e. The van der Waals surface area contributed by atoms with E-state index in [0.29, 0.717) is 11.9 Å². The molecule has 3 nitrogen and oxygen atoms in total. The summed E-state index contributed by atoms with van der Waals surface area (Å²) in [5, 5.41) is 3.38. The fraction of sp³-hybridized carbons (Fsp3) is 0.500. The monoisotopic (exact) mass is 177 g/mol. The van der Waals surface area contributed by atoms with E-state index in [-0.39, 0.29) is 0 Å². The third-order valence-electron chi connectivity index (χ3n) is 2.72. The Kier molecular flexibility index (Phi) is 2.08. The quantitative estimate of drug-likeness (QED) is 0.725. The van der Waals surface area contributed by atoms with Gasteiger partial charge in [-0.25, -0.2) is 4.98 Å². The Labute approximate surface area is 78.4 Å². The third-order valence-corrected chi connectivity index (χ3v) is 2.72. The molecule has 3 N–H and O–H groups in total. The molecular weight excluding hydrogens is 162 g/mol. The molecule has 2 unspecified atom stereocenters. The van der Waals surface area contributed by atoms with Crippen molar-refractivity contribution in [1.82, 2.24) is 4.98 Å². The molecule has 0 aromatic carbocycles. The molecule has 1 aliphatic carbocycles. The first kappa shape index (κ1) is 8.35. The largest absolute Gasteiger partial charge is 0.384 e. The predicted octanol–water partition coefficient (Wildman–Crippen LogP) is 1.87. The van der Waals surface area contributed by atoms with Crippen LogP contribution in [0.15, 0.2) is 18.2 Å². The van der Waals surface area contributed by atoms with E-state index >= 15 is 0 Å². The zero-order chi connectivity index (χ0) is 9.26. The van der Waals surface area contributed by atoms with Crippen molar-refractivity contribution < 1.29 is 0 Å². The summed E-state index contributed by atoms with van der Waals surface area (Å²) >= 11 is 0. The summed E-state index contributed by atoms with van der Waals surface area (Å²) in [6.45, 7) is 2.26. The molecule has 70 valence electrons. The van der Waals surface area contributed by atoms with Crippen molar-refractivity contribution in [2.45, 2.75) is 25.8 Å². The number of nitrogens with one attached hydrogen (secondary N) is 1. The molecule has 1 saturated carbocycles. The SMILES string of the molecule is CC1CCC1Nc1cccc(N)n1. The average molecular weight is 177 g/mol. The standard InChI is InChI=1S/C10H15N3/c1-7-5-6-8(7)12-10-4-2-3-9(11)13-10/h2-4,7-8H,5-6H2,1H3,(H3,11,12,13). The van der Waals surface area contributed by atoms with E-state index in [9.17, 15) is 0 Å². The highest BCUT2D eigenvalue weighted by molar-refractivity contribution is 5.43. The van der Waals surface area contributed by atoms with Crippen LogP contribution in [-0.2, 0) is 0 Å². The molecule has 0 bridgehead atoms. The second-order valence-electron chi connectivity index (χ2n) is 3.75. The number of rotatable bonds is 2. The lowest BCUT2D eigenvalue weighted by atomic mass is 9.81. The first-order valence-corrected chi connectivity index (χ1v) is 4.75. The molecule has 1 aliphatic rings. The maximum Gasteiger partial charge on any atom is 0.128 e. The number of nitrogen functional groups attached to an aromatic ring is 1. The summed E-state index contributed by atoms with van der Waals surface area (Å²) in [5.41, 5.74) is 5.58. The number of pyridine rings is 1. The van der Waals surface area contributed by atoms with E-state index < -0.39 is 0 Å². The Morgan fingerprint density at radius 2 is 2.31 bits per heavy atom. The van der Waals surface area contributed by atoms with Gasteiger partial charge in [0.15, 0.2) is 0 Å².